The molecule has 24 heavy (non-hydrogen) atoms. The molecule has 0 aromatic carbocycles. The van der Waals surface area contributed by atoms with Crippen molar-refractivity contribution in [2.24, 2.45) is 11.3 Å². The maximum atomic E-state index is 12.5. The number of nitrogen functional groups attached to an aromatic ring is 1. The van der Waals surface area contributed by atoms with Gasteiger partial charge in [-0.1, -0.05) is 13.8 Å². The van der Waals surface area contributed by atoms with Gasteiger partial charge in [-0.3, -0.25) is 9.59 Å². The lowest BCUT2D eigenvalue weighted by Crippen LogP contribution is -2.32. The number of ether oxygens (including phenoxy) is 3. The minimum atomic E-state index is -1.26. The van der Waals surface area contributed by atoms with E-state index in [2.05, 4.69) is 4.98 Å². The molecule has 2 fully saturated rings. The molecule has 0 radical (unpaired) electrons. The number of rotatable bonds is 5. The van der Waals surface area contributed by atoms with E-state index in [1.807, 2.05) is 13.8 Å². The zero-order valence-electron chi connectivity index (χ0n) is 14.0. The molecular weight excluding hydrogens is 332 g/mol. The van der Waals surface area contributed by atoms with Gasteiger partial charge in [0.05, 0.1) is 12.3 Å². The number of hydrogen-bond acceptors (Lipinski definition) is 8. The monoisotopic (exact) mass is 354 g/mol. The van der Waals surface area contributed by atoms with Crippen molar-refractivity contribution in [3.8, 4) is 0 Å². The molecule has 3 atom stereocenters. The molecule has 1 aromatic heterocycles. The fraction of sp³-hybridized carbons (Fsp3) is 0.688. The number of anilines is 1. The van der Waals surface area contributed by atoms with E-state index < -0.39 is 29.1 Å². The van der Waals surface area contributed by atoms with Crippen LogP contribution in [0.4, 0.5) is 5.13 Å². The third kappa shape index (κ3) is 2.88. The van der Waals surface area contributed by atoms with Crippen molar-refractivity contribution >= 4 is 28.4 Å². The fourth-order valence-electron chi connectivity index (χ4n) is 3.28. The molecule has 0 bridgehead atoms. The van der Waals surface area contributed by atoms with E-state index in [0.717, 1.165) is 0 Å². The summed E-state index contributed by atoms with van der Waals surface area (Å²) in [7, 11) is 0. The normalized spacial score (nSPS) is 32.6. The van der Waals surface area contributed by atoms with Gasteiger partial charge >= 0.3 is 11.9 Å². The van der Waals surface area contributed by atoms with E-state index in [0.29, 0.717) is 30.0 Å². The topological polar surface area (TPSA) is 101 Å². The van der Waals surface area contributed by atoms with Crippen LogP contribution >= 0.6 is 11.3 Å². The van der Waals surface area contributed by atoms with Crippen LogP contribution in [0.15, 0.2) is 5.38 Å². The van der Waals surface area contributed by atoms with Crippen LogP contribution in [0.3, 0.4) is 0 Å². The van der Waals surface area contributed by atoms with Crippen molar-refractivity contribution in [2.45, 2.75) is 45.3 Å². The van der Waals surface area contributed by atoms with Gasteiger partial charge in [-0.2, -0.15) is 0 Å². The Kier molecular flexibility index (Phi) is 4.29. The van der Waals surface area contributed by atoms with Crippen LogP contribution in [0.25, 0.3) is 0 Å². The number of nitrogens with zero attached hydrogens (tertiary/aromatic N) is 1. The SMILES string of the molecule is CC(C)COC[C@H]1C[C@]2(C[C@](C)(c3csc(N)n3)OC2=O)C(=O)O1. The van der Waals surface area contributed by atoms with Gasteiger partial charge in [-0.05, 0) is 12.8 Å². The number of carbonyl (C=O) groups excluding carboxylic acids is 2. The Morgan fingerprint density at radius 2 is 2.21 bits per heavy atom. The van der Waals surface area contributed by atoms with E-state index in [4.69, 9.17) is 19.9 Å². The number of thiazole rings is 1. The van der Waals surface area contributed by atoms with Crippen molar-refractivity contribution in [3.63, 3.8) is 0 Å². The van der Waals surface area contributed by atoms with Crippen LogP contribution < -0.4 is 5.73 Å². The lowest BCUT2D eigenvalue weighted by molar-refractivity contribution is -0.160. The van der Waals surface area contributed by atoms with E-state index in [1.165, 1.54) is 11.3 Å². The number of carbonyl (C=O) groups is 2. The highest BCUT2D eigenvalue weighted by Gasteiger charge is 2.65. The quantitative estimate of drug-likeness (QED) is 0.636. The van der Waals surface area contributed by atoms with Crippen LogP contribution in [-0.4, -0.2) is 36.2 Å². The predicted molar refractivity (Wildman–Crippen MR) is 87.2 cm³/mol. The summed E-state index contributed by atoms with van der Waals surface area (Å²) in [4.78, 5) is 29.1. The van der Waals surface area contributed by atoms with Crippen LogP contribution in [0.1, 0.15) is 39.3 Å². The number of hydrogen-bond donors (Lipinski definition) is 1. The Balaban J connectivity index is 1.74. The second-order valence-corrected chi connectivity index (χ2v) is 8.00. The molecule has 8 heteroatoms. The number of esters is 2. The molecule has 0 amide bonds. The largest absolute Gasteiger partial charge is 0.459 e. The average Bonchev–Trinajstić information content (AvgIpc) is 3.11. The maximum absolute atomic E-state index is 12.5. The first-order chi connectivity index (χ1) is 11.2. The zero-order chi connectivity index (χ0) is 17.5. The van der Waals surface area contributed by atoms with Crippen molar-refractivity contribution in [2.75, 3.05) is 18.9 Å². The van der Waals surface area contributed by atoms with Crippen molar-refractivity contribution in [3.05, 3.63) is 11.1 Å². The smallest absolute Gasteiger partial charge is 0.324 e. The van der Waals surface area contributed by atoms with Crippen LogP contribution in [-0.2, 0) is 29.4 Å². The molecule has 0 unspecified atom stereocenters. The lowest BCUT2D eigenvalue weighted by atomic mass is 9.78. The Morgan fingerprint density at radius 1 is 1.46 bits per heavy atom. The summed E-state index contributed by atoms with van der Waals surface area (Å²) in [5, 5.41) is 2.16. The molecule has 1 aromatic rings. The number of nitrogens with two attached hydrogens (primary N) is 1. The highest BCUT2D eigenvalue weighted by molar-refractivity contribution is 7.13. The summed E-state index contributed by atoms with van der Waals surface area (Å²) in [6.45, 7) is 6.72. The molecule has 0 aliphatic carbocycles. The van der Waals surface area contributed by atoms with Gasteiger partial charge in [0, 0.05) is 24.8 Å². The van der Waals surface area contributed by atoms with E-state index in [-0.39, 0.29) is 12.8 Å². The predicted octanol–water partition coefficient (Wildman–Crippen LogP) is 1.86. The van der Waals surface area contributed by atoms with Gasteiger partial charge < -0.3 is 19.9 Å². The van der Waals surface area contributed by atoms with Gasteiger partial charge in [-0.15, -0.1) is 11.3 Å². The summed E-state index contributed by atoms with van der Waals surface area (Å²) in [6, 6.07) is 0. The minimum Gasteiger partial charge on any atom is -0.459 e. The highest BCUT2D eigenvalue weighted by Crippen LogP contribution is 2.52. The molecular formula is C16H22N2O5S. The summed E-state index contributed by atoms with van der Waals surface area (Å²) >= 11 is 1.28. The molecule has 3 heterocycles. The van der Waals surface area contributed by atoms with Crippen LogP contribution in [0.2, 0.25) is 0 Å². The Morgan fingerprint density at radius 3 is 2.83 bits per heavy atom. The molecule has 0 saturated carbocycles. The molecule has 1 spiro atoms. The first kappa shape index (κ1) is 17.2. The van der Waals surface area contributed by atoms with Gasteiger partial charge in [-0.25, -0.2) is 4.98 Å². The molecule has 2 N–H and O–H groups in total. The van der Waals surface area contributed by atoms with Crippen LogP contribution in [0, 0.1) is 11.3 Å². The van der Waals surface area contributed by atoms with Gasteiger partial charge in [0.1, 0.15) is 6.10 Å². The van der Waals surface area contributed by atoms with E-state index >= 15 is 0 Å². The zero-order valence-corrected chi connectivity index (χ0v) is 14.9. The fourth-order valence-corrected chi connectivity index (χ4v) is 3.96. The van der Waals surface area contributed by atoms with Crippen molar-refractivity contribution < 1.29 is 23.8 Å². The first-order valence-electron chi connectivity index (χ1n) is 7.99. The van der Waals surface area contributed by atoms with Crippen molar-refractivity contribution in [1.29, 1.82) is 0 Å². The molecule has 132 valence electrons. The van der Waals surface area contributed by atoms with Crippen LogP contribution in [0.5, 0.6) is 0 Å². The second-order valence-electron chi connectivity index (χ2n) is 7.11. The summed E-state index contributed by atoms with van der Waals surface area (Å²) in [6.07, 6.45) is 0.0612. The number of cyclic esters (lactones) is 2. The summed E-state index contributed by atoms with van der Waals surface area (Å²) < 4.78 is 16.5. The molecule has 2 aliphatic heterocycles. The Labute approximate surface area is 144 Å². The molecule has 2 aliphatic rings. The average molecular weight is 354 g/mol. The first-order valence-corrected chi connectivity index (χ1v) is 8.87. The highest BCUT2D eigenvalue weighted by atomic mass is 32.1. The van der Waals surface area contributed by atoms with Gasteiger partial charge in [0.25, 0.3) is 0 Å². The third-order valence-electron chi connectivity index (χ3n) is 4.41. The Hall–Kier alpha value is -1.67. The molecule has 7 nitrogen and oxygen atoms in total. The van der Waals surface area contributed by atoms with E-state index in [9.17, 15) is 9.59 Å². The van der Waals surface area contributed by atoms with Gasteiger partial charge in [0.15, 0.2) is 16.1 Å². The lowest BCUT2D eigenvalue weighted by Gasteiger charge is -2.20. The minimum absolute atomic E-state index is 0.210. The molecule has 3 rings (SSSR count). The van der Waals surface area contributed by atoms with E-state index in [1.54, 1.807) is 12.3 Å². The number of aromatic nitrogens is 1. The maximum Gasteiger partial charge on any atom is 0.324 e. The Bertz CT molecular complexity index is 661. The van der Waals surface area contributed by atoms with Crippen molar-refractivity contribution in [1.82, 2.24) is 4.98 Å². The summed E-state index contributed by atoms with van der Waals surface area (Å²) in [5.74, 6) is -0.684. The van der Waals surface area contributed by atoms with Gasteiger partial charge in [0.2, 0.25) is 0 Å². The second kappa shape index (κ2) is 6.00. The third-order valence-corrected chi connectivity index (χ3v) is 5.08. The standard InChI is InChI=1S/C16H22N2O5S/c1-9(2)5-21-6-10-4-16(12(19)22-10)8-15(3,23-13(16)20)11-7-24-14(17)18-11/h7,9-10H,4-6,8H2,1-3H3,(H2,17,18)/t10-,15-,16+/m1/s1. The molecule has 2 saturated heterocycles. The summed E-state index contributed by atoms with van der Waals surface area (Å²) in [5.41, 5.74) is 4.02.